The van der Waals surface area contributed by atoms with Crippen LogP contribution in [0.2, 0.25) is 5.02 Å². The molecule has 0 aliphatic carbocycles. The van der Waals surface area contributed by atoms with Gasteiger partial charge in [-0.1, -0.05) is 23.7 Å². The molecule has 0 unspecified atom stereocenters. The van der Waals surface area contributed by atoms with Crippen molar-refractivity contribution in [2.24, 2.45) is 0 Å². The molecule has 1 amide bonds. The molecule has 5 nitrogen and oxygen atoms in total. The van der Waals surface area contributed by atoms with Crippen molar-refractivity contribution in [2.75, 3.05) is 5.32 Å². The van der Waals surface area contributed by atoms with Gasteiger partial charge in [0.05, 0.1) is 27.3 Å². The molecule has 1 aromatic heterocycles. The summed E-state index contributed by atoms with van der Waals surface area (Å²) in [6.07, 6.45) is 0. The molecule has 0 spiro atoms. The Morgan fingerprint density at radius 1 is 1.07 bits per heavy atom. The van der Waals surface area contributed by atoms with Gasteiger partial charge in [0.1, 0.15) is 11.6 Å². The van der Waals surface area contributed by atoms with Crippen LogP contribution in [0.5, 0.6) is 0 Å². The predicted molar refractivity (Wildman–Crippen MR) is 111 cm³/mol. The highest BCUT2D eigenvalue weighted by Gasteiger charge is 2.12. The highest BCUT2D eigenvalue weighted by atomic mass is 35.5. The smallest absolute Gasteiger partial charge is 0.265 e. The van der Waals surface area contributed by atoms with Gasteiger partial charge >= 0.3 is 0 Å². The maximum Gasteiger partial charge on any atom is 0.265 e. The fourth-order valence-electron chi connectivity index (χ4n) is 3.10. The maximum absolute atomic E-state index is 13.1. The number of carbonyl (C=O) groups is 1. The van der Waals surface area contributed by atoms with E-state index in [0.29, 0.717) is 33.7 Å². The largest absolute Gasteiger partial charge is 0.321 e. The van der Waals surface area contributed by atoms with Crippen LogP contribution < -0.4 is 10.9 Å². The van der Waals surface area contributed by atoms with Gasteiger partial charge < -0.3 is 5.32 Å². The number of fused-ring (bicyclic) bond motifs is 1. The summed E-state index contributed by atoms with van der Waals surface area (Å²) in [6, 6.07) is 17.4. The molecule has 0 atom stereocenters. The van der Waals surface area contributed by atoms with E-state index in [0.717, 1.165) is 6.07 Å². The molecule has 144 valence electrons. The van der Waals surface area contributed by atoms with E-state index in [9.17, 15) is 14.0 Å². The average molecular weight is 408 g/mol. The van der Waals surface area contributed by atoms with Crippen molar-refractivity contribution in [2.45, 2.75) is 6.92 Å². The number of aromatic nitrogens is 2. The second-order valence-electron chi connectivity index (χ2n) is 6.44. The van der Waals surface area contributed by atoms with E-state index in [1.165, 1.54) is 16.7 Å². The van der Waals surface area contributed by atoms with Crippen LogP contribution in [0.25, 0.3) is 16.6 Å². The van der Waals surface area contributed by atoms with E-state index in [2.05, 4.69) is 10.3 Å². The SMILES string of the molecule is Cc1nc2ccccc2c(=O)n1-c1ccc(C(=O)Nc2ccc(F)cc2Cl)cc1. The summed E-state index contributed by atoms with van der Waals surface area (Å²) >= 11 is 5.95. The number of para-hydroxylation sites is 1. The van der Waals surface area contributed by atoms with Gasteiger partial charge in [-0.3, -0.25) is 14.2 Å². The number of halogens is 2. The first-order valence-corrected chi connectivity index (χ1v) is 9.17. The van der Waals surface area contributed by atoms with Crippen LogP contribution in [-0.2, 0) is 0 Å². The van der Waals surface area contributed by atoms with E-state index in [1.54, 1.807) is 49.4 Å². The third-order valence-electron chi connectivity index (χ3n) is 4.51. The van der Waals surface area contributed by atoms with Crippen molar-refractivity contribution in [3.05, 3.63) is 99.3 Å². The first-order valence-electron chi connectivity index (χ1n) is 8.79. The van der Waals surface area contributed by atoms with Crippen LogP contribution in [0.1, 0.15) is 16.2 Å². The highest BCUT2D eigenvalue weighted by molar-refractivity contribution is 6.33. The number of amides is 1. The minimum Gasteiger partial charge on any atom is -0.321 e. The molecule has 0 fully saturated rings. The Bertz CT molecular complexity index is 1300. The third kappa shape index (κ3) is 3.62. The lowest BCUT2D eigenvalue weighted by Crippen LogP contribution is -2.22. The second-order valence-corrected chi connectivity index (χ2v) is 6.85. The number of hydrogen-bond acceptors (Lipinski definition) is 3. The molecule has 0 radical (unpaired) electrons. The monoisotopic (exact) mass is 407 g/mol. The zero-order chi connectivity index (χ0) is 20.5. The molecule has 0 bridgehead atoms. The molecule has 3 aromatic carbocycles. The molecule has 0 saturated carbocycles. The Morgan fingerprint density at radius 3 is 2.52 bits per heavy atom. The average Bonchev–Trinajstić information content (AvgIpc) is 2.70. The molecular weight excluding hydrogens is 393 g/mol. The summed E-state index contributed by atoms with van der Waals surface area (Å²) in [5, 5.41) is 3.27. The first kappa shape index (κ1) is 18.8. The topological polar surface area (TPSA) is 64.0 Å². The van der Waals surface area contributed by atoms with Gasteiger partial charge in [-0.2, -0.15) is 0 Å². The van der Waals surface area contributed by atoms with Crippen molar-refractivity contribution in [3.63, 3.8) is 0 Å². The van der Waals surface area contributed by atoms with E-state index in [1.807, 2.05) is 6.07 Å². The van der Waals surface area contributed by atoms with Crippen LogP contribution in [0.4, 0.5) is 10.1 Å². The molecule has 1 N–H and O–H groups in total. The van der Waals surface area contributed by atoms with Crippen molar-refractivity contribution < 1.29 is 9.18 Å². The van der Waals surface area contributed by atoms with Gasteiger partial charge in [0, 0.05) is 5.56 Å². The molecule has 29 heavy (non-hydrogen) atoms. The fraction of sp³-hybridized carbons (Fsp3) is 0.0455. The highest BCUT2D eigenvalue weighted by Crippen LogP contribution is 2.23. The summed E-state index contributed by atoms with van der Waals surface area (Å²) in [5.41, 5.74) is 1.74. The third-order valence-corrected chi connectivity index (χ3v) is 4.82. The summed E-state index contributed by atoms with van der Waals surface area (Å²) < 4.78 is 14.6. The molecule has 7 heteroatoms. The number of anilines is 1. The Hall–Kier alpha value is -3.51. The summed E-state index contributed by atoms with van der Waals surface area (Å²) in [7, 11) is 0. The molecular formula is C22H15ClFN3O2. The Morgan fingerprint density at radius 2 is 1.79 bits per heavy atom. The van der Waals surface area contributed by atoms with Gasteiger partial charge in [-0.15, -0.1) is 0 Å². The van der Waals surface area contributed by atoms with Crippen molar-refractivity contribution in [1.82, 2.24) is 9.55 Å². The Labute approximate surface area is 170 Å². The Kier molecular flexibility index (Phi) is 4.86. The normalized spacial score (nSPS) is 10.9. The lowest BCUT2D eigenvalue weighted by molar-refractivity contribution is 0.102. The quantitative estimate of drug-likeness (QED) is 0.533. The van der Waals surface area contributed by atoms with Gasteiger partial charge in [-0.25, -0.2) is 9.37 Å². The second kappa shape index (κ2) is 7.48. The molecule has 4 rings (SSSR count). The van der Waals surface area contributed by atoms with Crippen LogP contribution in [-0.4, -0.2) is 15.5 Å². The van der Waals surface area contributed by atoms with E-state index in [4.69, 9.17) is 11.6 Å². The molecule has 1 heterocycles. The van der Waals surface area contributed by atoms with E-state index in [-0.39, 0.29) is 10.6 Å². The zero-order valence-corrected chi connectivity index (χ0v) is 16.1. The van der Waals surface area contributed by atoms with Crippen molar-refractivity contribution in [3.8, 4) is 5.69 Å². The minimum atomic E-state index is -0.484. The molecule has 4 aromatic rings. The van der Waals surface area contributed by atoms with Crippen molar-refractivity contribution in [1.29, 1.82) is 0 Å². The van der Waals surface area contributed by atoms with Crippen molar-refractivity contribution >= 4 is 34.1 Å². The predicted octanol–water partition coefficient (Wildman–Crippen LogP) is 4.74. The van der Waals surface area contributed by atoms with Gasteiger partial charge in [0.15, 0.2) is 0 Å². The lowest BCUT2D eigenvalue weighted by Gasteiger charge is -2.12. The number of rotatable bonds is 3. The number of carbonyl (C=O) groups excluding carboxylic acids is 1. The molecule has 0 saturated heterocycles. The minimum absolute atomic E-state index is 0.111. The zero-order valence-electron chi connectivity index (χ0n) is 15.3. The standard InChI is InChI=1S/C22H15ClFN3O2/c1-13-25-19-5-3-2-4-17(19)22(29)27(13)16-9-6-14(7-10-16)21(28)26-20-11-8-15(24)12-18(20)23/h2-12H,1H3,(H,26,28). The van der Waals surface area contributed by atoms with Crippen LogP contribution >= 0.6 is 11.6 Å². The first-order chi connectivity index (χ1) is 13.9. The summed E-state index contributed by atoms with van der Waals surface area (Å²) in [6.45, 7) is 1.75. The number of nitrogens with zero attached hydrogens (tertiary/aromatic N) is 2. The lowest BCUT2D eigenvalue weighted by atomic mass is 10.1. The number of hydrogen-bond donors (Lipinski definition) is 1. The summed E-state index contributed by atoms with van der Waals surface area (Å²) in [4.78, 5) is 29.8. The van der Waals surface area contributed by atoms with Gasteiger partial charge in [0.25, 0.3) is 11.5 Å². The van der Waals surface area contributed by atoms with Crippen LogP contribution in [0, 0.1) is 12.7 Å². The van der Waals surface area contributed by atoms with Gasteiger partial charge in [0.2, 0.25) is 0 Å². The van der Waals surface area contributed by atoms with Crippen LogP contribution in [0.15, 0.2) is 71.5 Å². The molecule has 0 aliphatic rings. The number of aryl methyl sites for hydroxylation is 1. The van der Waals surface area contributed by atoms with E-state index < -0.39 is 11.7 Å². The molecule has 0 aliphatic heterocycles. The fourth-order valence-corrected chi connectivity index (χ4v) is 3.31. The number of nitrogens with one attached hydrogen (secondary N) is 1. The Balaban J connectivity index is 1.65. The number of benzene rings is 3. The van der Waals surface area contributed by atoms with Gasteiger partial charge in [-0.05, 0) is 61.5 Å². The van der Waals surface area contributed by atoms with Crippen LogP contribution in [0.3, 0.4) is 0 Å². The van der Waals surface area contributed by atoms with E-state index >= 15 is 0 Å². The summed E-state index contributed by atoms with van der Waals surface area (Å²) in [5.74, 6) is -0.336. The maximum atomic E-state index is 13.1.